The minimum atomic E-state index is -4.50. The van der Waals surface area contributed by atoms with Crippen molar-refractivity contribution in [2.24, 2.45) is 0 Å². The monoisotopic (exact) mass is 234 g/mol. The van der Waals surface area contributed by atoms with E-state index in [9.17, 15) is 28.1 Å². The molecule has 0 bridgehead atoms. The first-order valence-electron chi connectivity index (χ1n) is 3.93. The van der Waals surface area contributed by atoms with E-state index in [0.717, 1.165) is 12.1 Å². The molecule has 86 valence electrons. The molecule has 0 spiro atoms. The number of hydrogen-bond donors (Lipinski definition) is 1. The lowest BCUT2D eigenvalue weighted by Crippen LogP contribution is -2.29. The van der Waals surface area contributed by atoms with Crippen molar-refractivity contribution < 1.29 is 23.0 Å². The Kier molecular flexibility index (Phi) is 3.11. The van der Waals surface area contributed by atoms with E-state index >= 15 is 0 Å². The van der Waals surface area contributed by atoms with E-state index in [1.807, 2.05) is 0 Å². The summed E-state index contributed by atoms with van der Waals surface area (Å²) in [6.07, 6.45) is -4.50. The summed E-state index contributed by atoms with van der Waals surface area (Å²) in [5.41, 5.74) is 0.176. The zero-order valence-corrected chi connectivity index (χ0v) is 7.62. The van der Waals surface area contributed by atoms with Gasteiger partial charge in [0.05, 0.1) is 5.56 Å². The third-order valence-electron chi connectivity index (χ3n) is 1.67. The highest BCUT2D eigenvalue weighted by Crippen LogP contribution is 2.28. The van der Waals surface area contributed by atoms with E-state index in [4.69, 9.17) is 0 Å². The van der Waals surface area contributed by atoms with Gasteiger partial charge in [0.25, 0.3) is 0 Å². The van der Waals surface area contributed by atoms with Gasteiger partial charge >= 0.3 is 12.1 Å². The Morgan fingerprint density at radius 1 is 1.25 bits per heavy atom. The fourth-order valence-electron chi connectivity index (χ4n) is 0.958. The SMILES string of the molecule is O=C(N[N+](=O)[O-])c1ccc(C(F)(F)F)cc1. The van der Waals surface area contributed by atoms with Gasteiger partial charge in [-0.05, 0) is 24.3 Å². The van der Waals surface area contributed by atoms with Gasteiger partial charge in [-0.3, -0.25) is 4.79 Å². The smallest absolute Gasteiger partial charge is 0.263 e. The Bertz CT molecular complexity index is 414. The van der Waals surface area contributed by atoms with E-state index in [1.54, 1.807) is 0 Å². The minimum Gasteiger partial charge on any atom is -0.263 e. The largest absolute Gasteiger partial charge is 0.416 e. The van der Waals surface area contributed by atoms with Gasteiger partial charge in [-0.25, -0.2) is 10.1 Å². The van der Waals surface area contributed by atoms with Gasteiger partial charge in [0.2, 0.25) is 0 Å². The lowest BCUT2D eigenvalue weighted by molar-refractivity contribution is -0.527. The third-order valence-corrected chi connectivity index (χ3v) is 1.67. The van der Waals surface area contributed by atoms with Crippen molar-refractivity contribution in [1.82, 2.24) is 5.43 Å². The standard InChI is InChI=1S/C8H5F3N2O3/c9-8(10,11)6-3-1-5(2-4-6)7(14)12-13(15)16/h1-4H,(H,12,14). The van der Waals surface area contributed by atoms with Gasteiger partial charge in [0.1, 0.15) is 0 Å². The molecule has 0 radical (unpaired) electrons. The first-order chi connectivity index (χ1) is 7.30. The molecule has 5 nitrogen and oxygen atoms in total. The fourth-order valence-corrected chi connectivity index (χ4v) is 0.958. The van der Waals surface area contributed by atoms with E-state index in [1.165, 1.54) is 5.43 Å². The van der Waals surface area contributed by atoms with Gasteiger partial charge in [0, 0.05) is 5.56 Å². The average molecular weight is 234 g/mol. The number of amides is 1. The number of alkyl halides is 3. The Labute approximate surface area is 87.0 Å². The lowest BCUT2D eigenvalue weighted by Gasteiger charge is -2.06. The van der Waals surface area contributed by atoms with Crippen LogP contribution in [-0.2, 0) is 6.18 Å². The van der Waals surface area contributed by atoms with Crippen LogP contribution < -0.4 is 5.43 Å². The van der Waals surface area contributed by atoms with Gasteiger partial charge in [-0.15, -0.1) is 0 Å². The van der Waals surface area contributed by atoms with Crippen molar-refractivity contribution in [1.29, 1.82) is 0 Å². The summed E-state index contributed by atoms with van der Waals surface area (Å²) >= 11 is 0. The van der Waals surface area contributed by atoms with Crippen LogP contribution in [0.3, 0.4) is 0 Å². The maximum atomic E-state index is 12.1. The number of halogens is 3. The number of nitrogens with one attached hydrogen (secondary N) is 1. The summed E-state index contributed by atoms with van der Waals surface area (Å²) in [4.78, 5) is 20.9. The molecule has 1 rings (SSSR count). The molecule has 0 aliphatic rings. The maximum Gasteiger partial charge on any atom is 0.416 e. The van der Waals surface area contributed by atoms with Crippen LogP contribution in [-0.4, -0.2) is 10.9 Å². The molecule has 16 heavy (non-hydrogen) atoms. The lowest BCUT2D eigenvalue weighted by atomic mass is 10.1. The molecule has 8 heteroatoms. The summed E-state index contributed by atoms with van der Waals surface area (Å²) in [5, 5.41) is 8.82. The first kappa shape index (κ1) is 12.0. The van der Waals surface area contributed by atoms with Crippen molar-refractivity contribution in [2.75, 3.05) is 0 Å². The minimum absolute atomic E-state index is 0.218. The Morgan fingerprint density at radius 2 is 1.75 bits per heavy atom. The predicted molar refractivity (Wildman–Crippen MR) is 45.9 cm³/mol. The first-order valence-corrected chi connectivity index (χ1v) is 3.93. The molecule has 0 atom stereocenters. The molecular formula is C8H5F3N2O3. The molecule has 0 aliphatic carbocycles. The van der Waals surface area contributed by atoms with Crippen molar-refractivity contribution in [3.8, 4) is 0 Å². The predicted octanol–water partition coefficient (Wildman–Crippen LogP) is 1.63. The number of hydrazine groups is 1. The highest BCUT2D eigenvalue weighted by molar-refractivity contribution is 5.93. The second kappa shape index (κ2) is 4.17. The molecule has 0 fully saturated rings. The van der Waals surface area contributed by atoms with Gasteiger partial charge < -0.3 is 0 Å². The van der Waals surface area contributed by atoms with E-state index < -0.39 is 22.7 Å². The van der Waals surface area contributed by atoms with Crippen LogP contribution in [0.1, 0.15) is 15.9 Å². The highest BCUT2D eigenvalue weighted by atomic mass is 19.4. The summed E-state index contributed by atoms with van der Waals surface area (Å²) in [7, 11) is 0. The topological polar surface area (TPSA) is 72.2 Å². The second-order valence-electron chi connectivity index (χ2n) is 2.77. The van der Waals surface area contributed by atoms with Gasteiger partial charge in [-0.1, -0.05) is 5.43 Å². The average Bonchev–Trinajstić information content (AvgIpc) is 2.15. The number of nitrogens with zero attached hydrogens (tertiary/aromatic N) is 1. The second-order valence-corrected chi connectivity index (χ2v) is 2.77. The van der Waals surface area contributed by atoms with Crippen molar-refractivity contribution in [3.05, 3.63) is 45.5 Å². The summed E-state index contributed by atoms with van der Waals surface area (Å²) in [6, 6.07) is 3.08. The molecule has 0 aromatic heterocycles. The van der Waals surface area contributed by atoms with E-state index in [-0.39, 0.29) is 5.56 Å². The normalized spacial score (nSPS) is 10.9. The number of hydrogen-bond acceptors (Lipinski definition) is 3. The molecule has 0 unspecified atom stereocenters. The zero-order valence-electron chi connectivity index (χ0n) is 7.62. The van der Waals surface area contributed by atoms with Crippen LogP contribution in [0.4, 0.5) is 13.2 Å². The molecule has 0 saturated heterocycles. The highest BCUT2D eigenvalue weighted by Gasteiger charge is 2.30. The third kappa shape index (κ3) is 2.94. The summed E-state index contributed by atoms with van der Waals surface area (Å²) < 4.78 is 36.4. The molecule has 1 amide bonds. The number of nitro groups is 1. The fraction of sp³-hybridized carbons (Fsp3) is 0.125. The Morgan fingerprint density at radius 3 is 2.12 bits per heavy atom. The zero-order chi connectivity index (χ0) is 12.3. The number of carbonyl (C=O) groups excluding carboxylic acids is 1. The van der Waals surface area contributed by atoms with Crippen LogP contribution in [0.5, 0.6) is 0 Å². The van der Waals surface area contributed by atoms with Crippen LogP contribution in [0, 0.1) is 10.1 Å². The molecule has 1 aromatic carbocycles. The maximum absolute atomic E-state index is 12.1. The number of rotatable bonds is 2. The molecule has 0 aliphatic heterocycles. The van der Waals surface area contributed by atoms with Gasteiger partial charge in [-0.2, -0.15) is 13.2 Å². The molecule has 0 saturated carbocycles. The molecule has 0 heterocycles. The molecular weight excluding hydrogens is 229 g/mol. The van der Waals surface area contributed by atoms with E-state index in [2.05, 4.69) is 0 Å². The van der Waals surface area contributed by atoms with Crippen molar-refractivity contribution >= 4 is 5.91 Å². The number of carbonyl (C=O) groups is 1. The van der Waals surface area contributed by atoms with Crippen LogP contribution in [0.2, 0.25) is 0 Å². The molecule has 1 aromatic rings. The number of benzene rings is 1. The molecule has 1 N–H and O–H groups in total. The summed E-state index contributed by atoms with van der Waals surface area (Å²) in [6.45, 7) is 0. The van der Waals surface area contributed by atoms with Gasteiger partial charge in [0.15, 0.2) is 5.03 Å². The van der Waals surface area contributed by atoms with Crippen LogP contribution in [0.25, 0.3) is 0 Å². The van der Waals surface area contributed by atoms with E-state index in [0.29, 0.717) is 12.1 Å². The Hall–Kier alpha value is -2.12. The van der Waals surface area contributed by atoms with Crippen LogP contribution >= 0.6 is 0 Å². The Balaban J connectivity index is 2.87. The summed E-state index contributed by atoms with van der Waals surface area (Å²) in [5.74, 6) is -1.07. The van der Waals surface area contributed by atoms with Crippen LogP contribution in [0.15, 0.2) is 24.3 Å². The quantitative estimate of drug-likeness (QED) is 0.624. The van der Waals surface area contributed by atoms with Crippen molar-refractivity contribution in [2.45, 2.75) is 6.18 Å². The van der Waals surface area contributed by atoms with Crippen molar-refractivity contribution in [3.63, 3.8) is 0 Å².